The van der Waals surface area contributed by atoms with Crippen molar-refractivity contribution in [2.24, 2.45) is 0 Å². The van der Waals surface area contributed by atoms with Gasteiger partial charge in [0.1, 0.15) is 24.2 Å². The average molecular weight is 520 g/mol. The number of benzene rings is 3. The first-order valence-corrected chi connectivity index (χ1v) is 11.8. The van der Waals surface area contributed by atoms with Crippen LogP contribution in [-0.2, 0) is 22.6 Å². The quantitative estimate of drug-likeness (QED) is 0.391. The lowest BCUT2D eigenvalue weighted by Crippen LogP contribution is -2.46. The van der Waals surface area contributed by atoms with Crippen LogP contribution in [0.2, 0.25) is 5.02 Å². The van der Waals surface area contributed by atoms with Gasteiger partial charge < -0.3 is 20.1 Å². The fourth-order valence-corrected chi connectivity index (χ4v) is 4.23. The summed E-state index contributed by atoms with van der Waals surface area (Å²) in [7, 11) is 1.59. The molecule has 7 nitrogen and oxygen atoms in total. The minimum Gasteiger partial charge on any atom is -0.497 e. The summed E-state index contributed by atoms with van der Waals surface area (Å²) < 4.78 is 24.4. The van der Waals surface area contributed by atoms with Crippen molar-refractivity contribution in [3.63, 3.8) is 0 Å². The summed E-state index contributed by atoms with van der Waals surface area (Å²) in [5, 5.41) is 15.1. The number of urea groups is 1. The molecular weight excluding hydrogens is 497 g/mol. The van der Waals surface area contributed by atoms with Gasteiger partial charge in [-0.15, -0.1) is 0 Å². The van der Waals surface area contributed by atoms with Crippen LogP contribution in [0.25, 0.3) is 0 Å². The maximum Gasteiger partial charge on any atom is 0.338 e. The van der Waals surface area contributed by atoms with E-state index in [1.165, 1.54) is 12.1 Å². The Balaban J connectivity index is 1.64. The highest BCUT2D eigenvalue weighted by Crippen LogP contribution is 2.31. The van der Waals surface area contributed by atoms with Gasteiger partial charge in [0.05, 0.1) is 24.3 Å². The molecule has 188 valence electrons. The molecule has 4 rings (SSSR count). The van der Waals surface area contributed by atoms with Gasteiger partial charge in [-0.25, -0.2) is 14.0 Å². The Bertz CT molecular complexity index is 1400. The number of methoxy groups -OCH3 is 1. The summed E-state index contributed by atoms with van der Waals surface area (Å²) in [5.74, 6) is -0.588. The third-order valence-corrected chi connectivity index (χ3v) is 6.13. The Kier molecular flexibility index (Phi) is 8.06. The first-order chi connectivity index (χ1) is 17.9. The Morgan fingerprint density at radius 1 is 1.08 bits per heavy atom. The van der Waals surface area contributed by atoms with Crippen LogP contribution in [0, 0.1) is 17.1 Å². The Hall–Kier alpha value is -4.35. The van der Waals surface area contributed by atoms with Crippen molar-refractivity contribution in [2.45, 2.75) is 25.5 Å². The molecule has 1 atom stereocenters. The molecule has 0 spiro atoms. The number of allylic oxidation sites excluding steroid dienone is 1. The molecule has 0 radical (unpaired) electrons. The van der Waals surface area contributed by atoms with Crippen LogP contribution >= 0.6 is 11.6 Å². The van der Waals surface area contributed by atoms with Gasteiger partial charge in [-0.1, -0.05) is 41.9 Å². The van der Waals surface area contributed by atoms with E-state index < -0.39 is 23.9 Å². The van der Waals surface area contributed by atoms with Gasteiger partial charge in [-0.05, 0) is 65.9 Å². The van der Waals surface area contributed by atoms with Gasteiger partial charge in [0.25, 0.3) is 0 Å². The molecule has 2 amide bonds. The van der Waals surface area contributed by atoms with E-state index in [2.05, 4.69) is 10.6 Å². The number of nitrogens with one attached hydrogen (secondary N) is 2. The monoisotopic (exact) mass is 519 g/mol. The van der Waals surface area contributed by atoms with E-state index in [1.54, 1.807) is 37.4 Å². The molecule has 37 heavy (non-hydrogen) atoms. The summed E-state index contributed by atoms with van der Waals surface area (Å²) in [6.07, 6.45) is 0.901. The highest BCUT2D eigenvalue weighted by molar-refractivity contribution is 6.30. The molecule has 9 heteroatoms. The van der Waals surface area contributed by atoms with Crippen LogP contribution < -0.4 is 15.4 Å². The lowest BCUT2D eigenvalue weighted by atomic mass is 9.93. The lowest BCUT2D eigenvalue weighted by molar-refractivity contribution is -0.140. The minimum atomic E-state index is -0.797. The van der Waals surface area contributed by atoms with E-state index in [0.29, 0.717) is 34.7 Å². The second-order valence-electron chi connectivity index (χ2n) is 8.33. The molecule has 0 aliphatic carbocycles. The smallest absolute Gasteiger partial charge is 0.338 e. The zero-order valence-electron chi connectivity index (χ0n) is 19.9. The number of amides is 2. The van der Waals surface area contributed by atoms with Gasteiger partial charge in [0.2, 0.25) is 0 Å². The van der Waals surface area contributed by atoms with Crippen LogP contribution in [-0.4, -0.2) is 19.1 Å². The maximum atomic E-state index is 13.7. The SMILES string of the molecule is COc1ccc(CCC2=C(C(=O)OCc3ccc(F)c(C#N)c3)C(c3cccc(Cl)c3)NC(=O)N2)cc1. The van der Waals surface area contributed by atoms with E-state index in [4.69, 9.17) is 26.3 Å². The molecule has 1 aliphatic heterocycles. The van der Waals surface area contributed by atoms with E-state index >= 15 is 0 Å². The summed E-state index contributed by atoms with van der Waals surface area (Å²) in [6, 6.07) is 18.8. The molecule has 3 aromatic rings. The lowest BCUT2D eigenvalue weighted by Gasteiger charge is -2.29. The van der Waals surface area contributed by atoms with Gasteiger partial charge >= 0.3 is 12.0 Å². The number of halogens is 2. The molecule has 0 saturated carbocycles. The van der Waals surface area contributed by atoms with Gasteiger partial charge in [-0.2, -0.15) is 5.26 Å². The number of ether oxygens (including phenoxy) is 2. The third-order valence-electron chi connectivity index (χ3n) is 5.90. The normalized spacial score (nSPS) is 14.9. The predicted molar refractivity (Wildman–Crippen MR) is 135 cm³/mol. The van der Waals surface area contributed by atoms with Crippen LogP contribution in [0.5, 0.6) is 5.75 Å². The summed E-state index contributed by atoms with van der Waals surface area (Å²) >= 11 is 6.18. The number of carbonyl (C=O) groups is 2. The van der Waals surface area contributed by atoms with Crippen molar-refractivity contribution < 1.29 is 23.5 Å². The van der Waals surface area contributed by atoms with Crippen molar-refractivity contribution in [2.75, 3.05) is 7.11 Å². The molecule has 0 bridgehead atoms. The fourth-order valence-electron chi connectivity index (χ4n) is 4.03. The van der Waals surface area contributed by atoms with E-state index in [0.717, 1.165) is 17.4 Å². The highest BCUT2D eigenvalue weighted by atomic mass is 35.5. The number of hydrogen-bond donors (Lipinski definition) is 2. The van der Waals surface area contributed by atoms with Crippen LogP contribution in [0.4, 0.5) is 9.18 Å². The second-order valence-corrected chi connectivity index (χ2v) is 8.77. The number of aryl methyl sites for hydroxylation is 1. The number of rotatable bonds is 8. The Labute approximate surface area is 218 Å². The summed E-state index contributed by atoms with van der Waals surface area (Å²) in [6.45, 7) is -0.181. The average Bonchev–Trinajstić information content (AvgIpc) is 2.91. The van der Waals surface area contributed by atoms with Gasteiger partial charge in [-0.3, -0.25) is 0 Å². The molecule has 0 saturated heterocycles. The third kappa shape index (κ3) is 6.26. The van der Waals surface area contributed by atoms with E-state index in [9.17, 15) is 14.0 Å². The predicted octanol–water partition coefficient (Wildman–Crippen LogP) is 5.34. The summed E-state index contributed by atoms with van der Waals surface area (Å²) in [4.78, 5) is 26.0. The van der Waals surface area contributed by atoms with Crippen molar-refractivity contribution in [3.05, 3.63) is 111 Å². The van der Waals surface area contributed by atoms with Crippen molar-refractivity contribution in [1.29, 1.82) is 5.26 Å². The fraction of sp³-hybridized carbons (Fsp3) is 0.179. The van der Waals surface area contributed by atoms with Crippen molar-refractivity contribution >= 4 is 23.6 Å². The van der Waals surface area contributed by atoms with Crippen LogP contribution in [0.15, 0.2) is 78.0 Å². The first kappa shape index (κ1) is 25.7. The largest absolute Gasteiger partial charge is 0.497 e. The molecule has 1 heterocycles. The summed E-state index contributed by atoms with van der Waals surface area (Å²) in [5.41, 5.74) is 2.58. The van der Waals surface area contributed by atoms with Crippen molar-refractivity contribution in [3.8, 4) is 11.8 Å². The zero-order chi connectivity index (χ0) is 26.4. The topological polar surface area (TPSA) is 100 Å². The molecule has 2 N–H and O–H groups in total. The maximum absolute atomic E-state index is 13.7. The number of nitriles is 1. The van der Waals surface area contributed by atoms with E-state index in [1.807, 2.05) is 24.3 Å². The highest BCUT2D eigenvalue weighted by Gasteiger charge is 2.33. The van der Waals surface area contributed by atoms with E-state index in [-0.39, 0.29) is 17.7 Å². The second kappa shape index (κ2) is 11.6. The number of nitrogens with zero attached hydrogens (tertiary/aromatic N) is 1. The minimum absolute atomic E-state index is 0.142. The van der Waals surface area contributed by atoms with Crippen LogP contribution in [0.1, 0.15) is 34.7 Å². The zero-order valence-corrected chi connectivity index (χ0v) is 20.6. The molecule has 0 fully saturated rings. The molecule has 0 aromatic heterocycles. The van der Waals surface area contributed by atoms with Gasteiger partial charge in [0.15, 0.2) is 0 Å². The number of carbonyl (C=O) groups excluding carboxylic acids is 2. The molecule has 3 aromatic carbocycles. The molecule has 1 aliphatic rings. The Morgan fingerprint density at radius 2 is 1.84 bits per heavy atom. The number of hydrogen-bond acceptors (Lipinski definition) is 5. The molecular formula is C28H23ClFN3O4. The number of esters is 1. The standard InChI is InChI=1S/C28H23ClFN3O4/c1-36-22-9-5-17(6-10-22)8-12-24-25(26(33-28(35)32-24)19-3-2-4-21(29)14-19)27(34)37-16-18-7-11-23(30)20(13-18)15-31/h2-7,9-11,13-14,26H,8,12,16H2,1H3,(H2,32,33,35). The van der Waals surface area contributed by atoms with Crippen molar-refractivity contribution in [1.82, 2.24) is 10.6 Å². The first-order valence-electron chi connectivity index (χ1n) is 11.4. The van der Waals surface area contributed by atoms with Gasteiger partial charge in [0, 0.05) is 10.7 Å². The Morgan fingerprint density at radius 3 is 2.54 bits per heavy atom. The molecule has 1 unspecified atom stereocenters. The van der Waals surface area contributed by atoms with Crippen LogP contribution in [0.3, 0.4) is 0 Å².